The van der Waals surface area contributed by atoms with Crippen molar-refractivity contribution in [2.75, 3.05) is 37.6 Å². The molecule has 4 rings (SSSR count). The Morgan fingerprint density at radius 2 is 1.63 bits per heavy atom. The van der Waals surface area contributed by atoms with Gasteiger partial charge in [-0.2, -0.15) is 4.31 Å². The standard InChI is InChI=1S/C21H25N3O4S2/c1-16-5-10-20(29-16)30(27,28)23-14-12-22(13-15-23)21(26)17-6-8-18(9-7-17)24-11-3-2-4-19(24)25/h5-10H,2-4,11-15H2,1H3. The monoisotopic (exact) mass is 447 g/mol. The van der Waals surface area contributed by atoms with Crippen LogP contribution in [0.15, 0.2) is 40.6 Å². The van der Waals surface area contributed by atoms with Crippen molar-refractivity contribution in [1.29, 1.82) is 0 Å². The van der Waals surface area contributed by atoms with Crippen LogP contribution in [0.3, 0.4) is 0 Å². The molecule has 1 aromatic heterocycles. The Labute approximate surface area is 180 Å². The predicted octanol–water partition coefficient (Wildman–Crippen LogP) is 2.72. The van der Waals surface area contributed by atoms with Gasteiger partial charge in [0, 0.05) is 55.3 Å². The minimum absolute atomic E-state index is 0.115. The van der Waals surface area contributed by atoms with Crippen molar-refractivity contribution in [2.45, 2.75) is 30.4 Å². The molecule has 2 saturated heterocycles. The number of piperidine rings is 1. The Morgan fingerprint density at radius 3 is 2.23 bits per heavy atom. The van der Waals surface area contributed by atoms with Crippen molar-refractivity contribution in [3.05, 3.63) is 46.8 Å². The molecule has 3 heterocycles. The molecule has 0 radical (unpaired) electrons. The third-order valence-corrected chi connectivity index (χ3v) is 8.95. The minimum atomic E-state index is -3.50. The number of benzene rings is 1. The molecule has 7 nitrogen and oxygen atoms in total. The van der Waals surface area contributed by atoms with Gasteiger partial charge in [-0.15, -0.1) is 11.3 Å². The number of thiophene rings is 1. The Morgan fingerprint density at radius 1 is 0.933 bits per heavy atom. The summed E-state index contributed by atoms with van der Waals surface area (Å²) in [5.41, 5.74) is 1.37. The number of aryl methyl sites for hydroxylation is 1. The summed E-state index contributed by atoms with van der Waals surface area (Å²) >= 11 is 1.27. The Bertz CT molecular complexity index is 1040. The molecular formula is C21H25N3O4S2. The minimum Gasteiger partial charge on any atom is -0.336 e. The smallest absolute Gasteiger partial charge is 0.253 e. The molecule has 0 unspecified atom stereocenters. The second-order valence-corrected chi connectivity index (χ2v) is 11.1. The SMILES string of the molecule is Cc1ccc(S(=O)(=O)N2CCN(C(=O)c3ccc(N4CCCCC4=O)cc3)CC2)s1. The van der Waals surface area contributed by atoms with Gasteiger partial charge >= 0.3 is 0 Å². The number of anilines is 1. The highest BCUT2D eigenvalue weighted by atomic mass is 32.2. The number of hydrogen-bond acceptors (Lipinski definition) is 5. The summed E-state index contributed by atoms with van der Waals surface area (Å²) in [5, 5.41) is 0. The summed E-state index contributed by atoms with van der Waals surface area (Å²) in [7, 11) is -3.50. The third kappa shape index (κ3) is 4.14. The van der Waals surface area contributed by atoms with Crippen LogP contribution in [0, 0.1) is 6.92 Å². The van der Waals surface area contributed by atoms with Crippen LogP contribution in [0.2, 0.25) is 0 Å². The van der Waals surface area contributed by atoms with Crippen LogP contribution in [0.25, 0.3) is 0 Å². The van der Waals surface area contributed by atoms with Crippen molar-refractivity contribution < 1.29 is 18.0 Å². The fourth-order valence-corrected chi connectivity index (χ4v) is 6.71. The fourth-order valence-electron chi connectivity index (χ4n) is 3.85. The number of carbonyl (C=O) groups excluding carboxylic acids is 2. The van der Waals surface area contributed by atoms with E-state index in [1.807, 2.05) is 19.1 Å². The third-order valence-electron chi connectivity index (χ3n) is 5.59. The van der Waals surface area contributed by atoms with Crippen LogP contribution in [0.1, 0.15) is 34.5 Å². The molecule has 2 aliphatic rings. The first kappa shape index (κ1) is 21.0. The summed E-state index contributed by atoms with van der Waals surface area (Å²) in [4.78, 5) is 29.3. The van der Waals surface area contributed by atoms with Crippen molar-refractivity contribution >= 4 is 38.9 Å². The summed E-state index contributed by atoms with van der Waals surface area (Å²) in [6, 6.07) is 10.6. The number of rotatable bonds is 4. The van der Waals surface area contributed by atoms with Crippen LogP contribution in [-0.2, 0) is 14.8 Å². The van der Waals surface area contributed by atoms with Crippen LogP contribution in [0.4, 0.5) is 5.69 Å². The molecule has 2 amide bonds. The maximum absolute atomic E-state index is 12.9. The van der Waals surface area contributed by atoms with Gasteiger partial charge in [-0.05, 0) is 56.2 Å². The summed E-state index contributed by atoms with van der Waals surface area (Å²) < 4.78 is 27.3. The zero-order chi connectivity index (χ0) is 21.3. The van der Waals surface area contributed by atoms with Gasteiger partial charge in [-0.3, -0.25) is 9.59 Å². The maximum Gasteiger partial charge on any atom is 0.253 e. The van der Waals surface area contributed by atoms with Crippen LogP contribution in [-0.4, -0.2) is 62.2 Å². The molecule has 1 aromatic carbocycles. The summed E-state index contributed by atoms with van der Waals surface area (Å²) in [6.45, 7) is 3.87. The van der Waals surface area contributed by atoms with E-state index in [0.717, 1.165) is 23.4 Å². The lowest BCUT2D eigenvalue weighted by atomic mass is 10.1. The molecule has 0 spiro atoms. The van der Waals surface area contributed by atoms with E-state index in [9.17, 15) is 18.0 Å². The topological polar surface area (TPSA) is 78.0 Å². The molecule has 0 aliphatic carbocycles. The second-order valence-electron chi connectivity index (χ2n) is 7.61. The van der Waals surface area contributed by atoms with Gasteiger partial charge in [0.2, 0.25) is 5.91 Å². The van der Waals surface area contributed by atoms with E-state index in [4.69, 9.17) is 0 Å². The van der Waals surface area contributed by atoms with Crippen LogP contribution in [0.5, 0.6) is 0 Å². The molecule has 30 heavy (non-hydrogen) atoms. The molecule has 9 heteroatoms. The number of amides is 2. The lowest BCUT2D eigenvalue weighted by Crippen LogP contribution is -2.50. The first-order chi connectivity index (χ1) is 14.4. The zero-order valence-electron chi connectivity index (χ0n) is 16.9. The van der Waals surface area contributed by atoms with Crippen LogP contribution < -0.4 is 4.90 Å². The van der Waals surface area contributed by atoms with Gasteiger partial charge in [0.05, 0.1) is 0 Å². The van der Waals surface area contributed by atoms with Crippen molar-refractivity contribution in [3.63, 3.8) is 0 Å². The molecule has 2 fully saturated rings. The Kier molecular flexibility index (Phi) is 5.95. The maximum atomic E-state index is 12.9. The largest absolute Gasteiger partial charge is 0.336 e. The van der Waals surface area contributed by atoms with Crippen LogP contribution >= 0.6 is 11.3 Å². The Hall–Kier alpha value is -2.23. The second kappa shape index (κ2) is 8.49. The normalized spacial score (nSPS) is 18.6. The van der Waals surface area contributed by atoms with E-state index in [2.05, 4.69) is 0 Å². The quantitative estimate of drug-likeness (QED) is 0.722. The van der Waals surface area contributed by atoms with Gasteiger partial charge < -0.3 is 9.80 Å². The first-order valence-electron chi connectivity index (χ1n) is 10.1. The molecule has 0 saturated carbocycles. The molecule has 2 aliphatic heterocycles. The van der Waals surface area contributed by atoms with E-state index in [-0.39, 0.29) is 24.9 Å². The highest BCUT2D eigenvalue weighted by Crippen LogP contribution is 2.26. The number of hydrogen-bond donors (Lipinski definition) is 0. The average molecular weight is 448 g/mol. The average Bonchev–Trinajstić information content (AvgIpc) is 3.21. The molecule has 0 atom stereocenters. The van der Waals surface area contributed by atoms with Gasteiger partial charge in [-0.1, -0.05) is 0 Å². The summed E-state index contributed by atoms with van der Waals surface area (Å²) in [6.07, 6.45) is 2.49. The molecule has 0 N–H and O–H groups in total. The molecule has 160 valence electrons. The highest BCUT2D eigenvalue weighted by molar-refractivity contribution is 7.91. The number of sulfonamides is 1. The number of carbonyl (C=O) groups is 2. The predicted molar refractivity (Wildman–Crippen MR) is 116 cm³/mol. The van der Waals surface area contributed by atoms with Gasteiger partial charge in [0.15, 0.2) is 0 Å². The van der Waals surface area contributed by atoms with E-state index in [1.165, 1.54) is 15.6 Å². The van der Waals surface area contributed by atoms with Gasteiger partial charge in [0.1, 0.15) is 4.21 Å². The highest BCUT2D eigenvalue weighted by Gasteiger charge is 2.31. The first-order valence-corrected chi connectivity index (χ1v) is 12.4. The van der Waals surface area contributed by atoms with Crippen molar-refractivity contribution in [1.82, 2.24) is 9.21 Å². The molecular weight excluding hydrogens is 422 g/mol. The van der Waals surface area contributed by atoms with E-state index in [0.29, 0.717) is 35.8 Å². The number of piperazine rings is 1. The van der Waals surface area contributed by atoms with E-state index in [1.54, 1.807) is 34.1 Å². The van der Waals surface area contributed by atoms with E-state index >= 15 is 0 Å². The Balaban J connectivity index is 1.39. The number of nitrogens with zero attached hydrogens (tertiary/aromatic N) is 3. The van der Waals surface area contributed by atoms with Crippen molar-refractivity contribution in [3.8, 4) is 0 Å². The fraction of sp³-hybridized carbons (Fsp3) is 0.429. The van der Waals surface area contributed by atoms with Gasteiger partial charge in [0.25, 0.3) is 15.9 Å². The zero-order valence-corrected chi connectivity index (χ0v) is 18.5. The lowest BCUT2D eigenvalue weighted by molar-refractivity contribution is -0.119. The van der Waals surface area contributed by atoms with Crippen molar-refractivity contribution in [2.24, 2.45) is 0 Å². The molecule has 0 bridgehead atoms. The van der Waals surface area contributed by atoms with E-state index < -0.39 is 10.0 Å². The van der Waals surface area contributed by atoms with Gasteiger partial charge in [-0.25, -0.2) is 8.42 Å². The lowest BCUT2D eigenvalue weighted by Gasteiger charge is -2.34. The summed E-state index contributed by atoms with van der Waals surface area (Å²) in [5.74, 6) is 0.00845. The molecule has 2 aromatic rings.